The molecular weight excluding hydrogens is 294 g/mol. The molecule has 2 aliphatic rings. The van der Waals surface area contributed by atoms with Crippen molar-refractivity contribution in [1.29, 1.82) is 0 Å². The lowest BCUT2D eigenvalue weighted by molar-refractivity contribution is 0.348. The molecule has 2 fully saturated rings. The van der Waals surface area contributed by atoms with Crippen LogP contribution < -0.4 is 4.90 Å². The summed E-state index contributed by atoms with van der Waals surface area (Å²) in [6.07, 6.45) is 7.07. The Bertz CT molecular complexity index is 613. The molecule has 0 aliphatic carbocycles. The zero-order chi connectivity index (χ0) is 15.5. The molecule has 6 heteroatoms. The number of rotatable bonds is 2. The molecule has 2 saturated heterocycles. The van der Waals surface area contributed by atoms with Crippen molar-refractivity contribution in [1.82, 2.24) is 19.3 Å². The molecule has 0 unspecified atom stereocenters. The fourth-order valence-corrected chi connectivity index (χ4v) is 4.26. The highest BCUT2D eigenvalue weighted by atomic mass is 32.2. The number of nitrogens with zero attached hydrogens (tertiary/aromatic N) is 4. The first-order chi connectivity index (χ1) is 10.8. The van der Waals surface area contributed by atoms with Gasteiger partial charge in [0.15, 0.2) is 0 Å². The monoisotopic (exact) mass is 319 g/mol. The van der Waals surface area contributed by atoms with Crippen molar-refractivity contribution in [3.63, 3.8) is 0 Å². The number of piperidine rings is 1. The molecule has 22 heavy (non-hydrogen) atoms. The number of nitrogens with one attached hydrogen (secondary N) is 1. The lowest BCUT2D eigenvalue weighted by Gasteiger charge is -2.35. The number of aromatic nitrogens is 3. The highest BCUT2D eigenvalue weighted by Crippen LogP contribution is 2.36. The van der Waals surface area contributed by atoms with Crippen LogP contribution in [-0.2, 0) is 0 Å². The van der Waals surface area contributed by atoms with E-state index in [1.165, 1.54) is 19.5 Å². The smallest absolute Gasteiger partial charge is 0.142 e. The Hall–Kier alpha value is -1.27. The maximum absolute atomic E-state index is 4.53. The van der Waals surface area contributed by atoms with Gasteiger partial charge in [-0.2, -0.15) is 0 Å². The van der Waals surface area contributed by atoms with Gasteiger partial charge in [-0.05, 0) is 30.6 Å². The van der Waals surface area contributed by atoms with Crippen LogP contribution in [0.4, 0.5) is 5.82 Å². The summed E-state index contributed by atoms with van der Waals surface area (Å²) in [7, 11) is 0. The van der Waals surface area contributed by atoms with Crippen LogP contribution in [0, 0.1) is 11.8 Å². The van der Waals surface area contributed by atoms with Crippen molar-refractivity contribution < 1.29 is 0 Å². The zero-order valence-electron chi connectivity index (χ0n) is 13.6. The van der Waals surface area contributed by atoms with E-state index in [2.05, 4.69) is 36.5 Å². The fraction of sp³-hybridized carbons (Fsp3) is 0.625. The molecule has 2 aromatic heterocycles. The van der Waals surface area contributed by atoms with Gasteiger partial charge >= 0.3 is 0 Å². The van der Waals surface area contributed by atoms with Gasteiger partial charge in [0, 0.05) is 32.4 Å². The first-order valence-electron chi connectivity index (χ1n) is 8.17. The third-order valence-corrected chi connectivity index (χ3v) is 5.47. The molecule has 1 N–H and O–H groups in total. The molecule has 4 heterocycles. The van der Waals surface area contributed by atoms with Gasteiger partial charge < -0.3 is 9.88 Å². The molecule has 0 amide bonds. The third-order valence-electron chi connectivity index (χ3n) is 4.66. The summed E-state index contributed by atoms with van der Waals surface area (Å²) in [5.74, 6) is 2.74. The van der Waals surface area contributed by atoms with E-state index in [0.29, 0.717) is 0 Å². The number of hydrogen-bond acceptors (Lipinski definition) is 5. The van der Waals surface area contributed by atoms with E-state index in [0.717, 1.165) is 41.8 Å². The Morgan fingerprint density at radius 3 is 2.82 bits per heavy atom. The molecule has 0 bridgehead atoms. The van der Waals surface area contributed by atoms with E-state index < -0.39 is 0 Å². The number of aromatic amines is 1. The highest BCUT2D eigenvalue weighted by Gasteiger charge is 2.37. The molecule has 0 spiro atoms. The average molecular weight is 319 g/mol. The third kappa shape index (κ3) is 2.82. The first-order valence-corrected chi connectivity index (χ1v) is 9.35. The Balaban J connectivity index is 0.000000693. The van der Waals surface area contributed by atoms with Gasteiger partial charge in [0.1, 0.15) is 17.8 Å². The van der Waals surface area contributed by atoms with Gasteiger partial charge in [-0.1, -0.05) is 25.8 Å². The molecule has 0 saturated carbocycles. The van der Waals surface area contributed by atoms with Crippen LogP contribution in [0.25, 0.3) is 11.0 Å². The van der Waals surface area contributed by atoms with Crippen LogP contribution in [-0.4, -0.2) is 51.7 Å². The van der Waals surface area contributed by atoms with Gasteiger partial charge in [0.2, 0.25) is 0 Å². The van der Waals surface area contributed by atoms with Crippen LogP contribution in [0.15, 0.2) is 18.6 Å². The van der Waals surface area contributed by atoms with Crippen LogP contribution >= 0.6 is 11.9 Å². The minimum Gasteiger partial charge on any atom is -0.356 e. The maximum Gasteiger partial charge on any atom is 0.142 e. The lowest BCUT2D eigenvalue weighted by atomic mass is 9.88. The zero-order valence-corrected chi connectivity index (χ0v) is 14.4. The van der Waals surface area contributed by atoms with Crippen LogP contribution in [0.2, 0.25) is 0 Å². The Kier molecular flexibility index (Phi) is 4.88. The largest absolute Gasteiger partial charge is 0.356 e. The number of hydrogen-bond donors (Lipinski definition) is 1. The van der Waals surface area contributed by atoms with Crippen molar-refractivity contribution >= 4 is 28.8 Å². The van der Waals surface area contributed by atoms with E-state index >= 15 is 0 Å². The quantitative estimate of drug-likeness (QED) is 0.862. The second-order valence-corrected chi connectivity index (χ2v) is 6.60. The van der Waals surface area contributed by atoms with Gasteiger partial charge in [-0.25, -0.2) is 9.97 Å². The number of fused-ring (bicyclic) bond motifs is 2. The number of H-pyrrole nitrogens is 1. The minimum absolute atomic E-state index is 0.778. The summed E-state index contributed by atoms with van der Waals surface area (Å²) < 4.78 is 2.50. The van der Waals surface area contributed by atoms with E-state index in [1.807, 2.05) is 32.0 Å². The maximum atomic E-state index is 4.53. The fourth-order valence-electron chi connectivity index (χ4n) is 3.58. The summed E-state index contributed by atoms with van der Waals surface area (Å²) in [5, 5.41) is 1.14. The van der Waals surface area contributed by atoms with Crippen molar-refractivity contribution in [3.8, 4) is 0 Å². The van der Waals surface area contributed by atoms with Gasteiger partial charge in [-0.15, -0.1) is 0 Å². The Morgan fingerprint density at radius 2 is 2.00 bits per heavy atom. The summed E-state index contributed by atoms with van der Waals surface area (Å²) in [4.78, 5) is 14.4. The highest BCUT2D eigenvalue weighted by molar-refractivity contribution is 7.96. The molecule has 120 valence electrons. The first kappa shape index (κ1) is 15.6. The summed E-state index contributed by atoms with van der Waals surface area (Å²) in [5.41, 5.74) is 0.939. The predicted octanol–water partition coefficient (Wildman–Crippen LogP) is 3.02. The second kappa shape index (κ2) is 6.87. The standard InChI is InChI=1S/C14H19N5S.C2H6/c1-20-19-7-10-3-5-18(6-11(10)8-19)14-12-2-4-15-13(12)16-9-17-14;1-2/h2,4,9-11H,3,5-8H2,1H3,(H,15,16,17);1-2H3/t10-,11+;/m1./s1. The van der Waals surface area contributed by atoms with E-state index in [1.54, 1.807) is 6.33 Å². The number of anilines is 1. The van der Waals surface area contributed by atoms with Crippen molar-refractivity contribution in [2.24, 2.45) is 11.8 Å². The van der Waals surface area contributed by atoms with E-state index in [4.69, 9.17) is 0 Å². The van der Waals surface area contributed by atoms with Gasteiger partial charge in [0.25, 0.3) is 0 Å². The molecule has 4 rings (SSSR count). The van der Waals surface area contributed by atoms with Gasteiger partial charge in [0.05, 0.1) is 5.39 Å². The average Bonchev–Trinajstić information content (AvgIpc) is 3.21. The summed E-state index contributed by atoms with van der Waals surface area (Å²) in [6, 6.07) is 2.08. The van der Waals surface area contributed by atoms with Crippen LogP contribution in [0.1, 0.15) is 20.3 Å². The molecule has 2 atom stereocenters. The minimum atomic E-state index is 0.778. The second-order valence-electron chi connectivity index (χ2n) is 5.72. The van der Waals surface area contributed by atoms with Crippen molar-refractivity contribution in [2.75, 3.05) is 37.3 Å². The summed E-state index contributed by atoms with van der Waals surface area (Å²) in [6.45, 7) is 8.70. The Morgan fingerprint density at radius 1 is 1.18 bits per heavy atom. The topological polar surface area (TPSA) is 48.1 Å². The summed E-state index contributed by atoms with van der Waals surface area (Å²) >= 11 is 1.88. The SMILES string of the molecule is CC.CSN1C[C@H]2CCN(c3ncnc4[nH]ccc34)C[C@H]2C1. The molecule has 2 aliphatic heterocycles. The predicted molar refractivity (Wildman–Crippen MR) is 94.1 cm³/mol. The van der Waals surface area contributed by atoms with Gasteiger partial charge in [-0.3, -0.25) is 4.31 Å². The van der Waals surface area contributed by atoms with Crippen molar-refractivity contribution in [2.45, 2.75) is 20.3 Å². The Labute approximate surface area is 136 Å². The van der Waals surface area contributed by atoms with E-state index in [9.17, 15) is 0 Å². The molecule has 0 radical (unpaired) electrons. The lowest BCUT2D eigenvalue weighted by Crippen LogP contribution is -2.40. The van der Waals surface area contributed by atoms with Crippen molar-refractivity contribution in [3.05, 3.63) is 18.6 Å². The van der Waals surface area contributed by atoms with Crippen LogP contribution in [0.5, 0.6) is 0 Å². The van der Waals surface area contributed by atoms with E-state index in [-0.39, 0.29) is 0 Å². The molecule has 5 nitrogen and oxygen atoms in total. The molecular formula is C16H25N5S. The normalized spacial score (nSPS) is 25.0. The van der Waals surface area contributed by atoms with Crippen LogP contribution in [0.3, 0.4) is 0 Å². The molecule has 0 aromatic carbocycles. The molecule has 2 aromatic rings.